The number of ether oxygens (including phenoxy) is 3. The van der Waals surface area contributed by atoms with Crippen molar-refractivity contribution in [3.63, 3.8) is 0 Å². The second-order valence-electron chi connectivity index (χ2n) is 8.92. The number of rotatable bonds is 12. The lowest BCUT2D eigenvalue weighted by molar-refractivity contribution is 0.0132. The highest BCUT2D eigenvalue weighted by Crippen LogP contribution is 2.31. The summed E-state index contributed by atoms with van der Waals surface area (Å²) in [6, 6.07) is 37.4. The molecule has 0 fully saturated rings. The van der Waals surface area contributed by atoms with E-state index in [1.165, 1.54) is 16.7 Å². The second-order valence-corrected chi connectivity index (χ2v) is 8.92. The Bertz CT molecular complexity index is 1140. The molecule has 35 heavy (non-hydrogen) atoms. The minimum Gasteiger partial charge on any atom is -0.493 e. The van der Waals surface area contributed by atoms with Crippen LogP contribution in [0.15, 0.2) is 109 Å². The van der Waals surface area contributed by atoms with Gasteiger partial charge in [-0.15, -0.1) is 0 Å². The molecule has 0 N–H and O–H groups in total. The molecule has 0 radical (unpaired) electrons. The molecule has 0 saturated carbocycles. The summed E-state index contributed by atoms with van der Waals surface area (Å²) in [6.07, 6.45) is 1.93. The van der Waals surface area contributed by atoms with Gasteiger partial charge in [-0.05, 0) is 60.1 Å². The quantitative estimate of drug-likeness (QED) is 0.220. The zero-order valence-electron chi connectivity index (χ0n) is 20.6. The van der Waals surface area contributed by atoms with E-state index in [1.807, 2.05) is 30.3 Å². The van der Waals surface area contributed by atoms with Gasteiger partial charge in [-0.25, -0.2) is 0 Å². The topological polar surface area (TPSA) is 27.7 Å². The van der Waals surface area contributed by atoms with Crippen LogP contribution >= 0.6 is 0 Å². The zero-order valence-corrected chi connectivity index (χ0v) is 20.6. The standard InChI is InChI=1S/C32H34O3/c1-25(34-23-27-14-8-4-9-15-27)30(20-26-12-6-3-7-13-26)21-29-18-19-31(32(22-29)33-2)35-24-28-16-10-5-11-17-28/h3-19,22,25,30H,20-21,23-24H2,1-2H3. The Balaban J connectivity index is 1.46. The smallest absolute Gasteiger partial charge is 0.161 e. The maximum atomic E-state index is 6.35. The summed E-state index contributed by atoms with van der Waals surface area (Å²) < 4.78 is 18.1. The molecule has 4 aromatic carbocycles. The molecule has 4 rings (SSSR count). The van der Waals surface area contributed by atoms with Crippen LogP contribution in [0.4, 0.5) is 0 Å². The Labute approximate surface area is 209 Å². The second kappa shape index (κ2) is 12.8. The number of methoxy groups -OCH3 is 1. The predicted molar refractivity (Wildman–Crippen MR) is 142 cm³/mol. The van der Waals surface area contributed by atoms with Gasteiger partial charge < -0.3 is 14.2 Å². The lowest BCUT2D eigenvalue weighted by Crippen LogP contribution is -2.25. The maximum Gasteiger partial charge on any atom is 0.161 e. The fourth-order valence-electron chi connectivity index (χ4n) is 4.26. The molecule has 0 bridgehead atoms. The van der Waals surface area contributed by atoms with E-state index in [4.69, 9.17) is 14.2 Å². The van der Waals surface area contributed by atoms with Crippen molar-refractivity contribution in [2.45, 2.75) is 39.1 Å². The highest BCUT2D eigenvalue weighted by molar-refractivity contribution is 5.43. The molecule has 0 heterocycles. The van der Waals surface area contributed by atoms with E-state index in [0.29, 0.717) is 19.1 Å². The van der Waals surface area contributed by atoms with Crippen LogP contribution in [0.1, 0.15) is 29.2 Å². The van der Waals surface area contributed by atoms with Crippen LogP contribution in [-0.4, -0.2) is 13.2 Å². The minimum atomic E-state index is 0.0930. The highest BCUT2D eigenvalue weighted by atomic mass is 16.5. The lowest BCUT2D eigenvalue weighted by atomic mass is 9.88. The third-order valence-electron chi connectivity index (χ3n) is 6.32. The van der Waals surface area contributed by atoms with Crippen molar-refractivity contribution in [3.8, 4) is 11.5 Å². The van der Waals surface area contributed by atoms with Gasteiger partial charge in [0.15, 0.2) is 11.5 Å². The van der Waals surface area contributed by atoms with E-state index in [1.54, 1.807) is 7.11 Å². The summed E-state index contributed by atoms with van der Waals surface area (Å²) in [4.78, 5) is 0. The van der Waals surface area contributed by atoms with Gasteiger partial charge in [-0.3, -0.25) is 0 Å². The molecule has 0 amide bonds. The van der Waals surface area contributed by atoms with Crippen molar-refractivity contribution in [3.05, 3.63) is 131 Å². The third-order valence-corrected chi connectivity index (χ3v) is 6.32. The first-order valence-electron chi connectivity index (χ1n) is 12.2. The van der Waals surface area contributed by atoms with Gasteiger partial charge in [0, 0.05) is 0 Å². The maximum absolute atomic E-state index is 6.35. The molecule has 2 unspecified atom stereocenters. The van der Waals surface area contributed by atoms with E-state index < -0.39 is 0 Å². The van der Waals surface area contributed by atoms with Crippen LogP contribution in [0.25, 0.3) is 0 Å². The van der Waals surface area contributed by atoms with E-state index in [9.17, 15) is 0 Å². The Morgan fingerprint density at radius 1 is 0.571 bits per heavy atom. The third kappa shape index (κ3) is 7.46. The molecule has 180 valence electrons. The van der Waals surface area contributed by atoms with Gasteiger partial charge in [0.2, 0.25) is 0 Å². The molecule has 0 spiro atoms. The molecule has 0 aromatic heterocycles. The molecule has 0 saturated heterocycles. The number of benzene rings is 4. The molecule has 4 aromatic rings. The number of hydrogen-bond acceptors (Lipinski definition) is 3. The molecule has 3 nitrogen and oxygen atoms in total. The number of hydrogen-bond donors (Lipinski definition) is 0. The normalized spacial score (nSPS) is 12.6. The van der Waals surface area contributed by atoms with Crippen molar-refractivity contribution in [2.24, 2.45) is 5.92 Å². The van der Waals surface area contributed by atoms with Gasteiger partial charge in [-0.2, -0.15) is 0 Å². The first-order chi connectivity index (χ1) is 17.2. The zero-order chi connectivity index (χ0) is 24.3. The molecule has 0 aliphatic carbocycles. The predicted octanol–water partition coefficient (Wildman–Crippen LogP) is 7.28. The van der Waals surface area contributed by atoms with Crippen LogP contribution in [0.2, 0.25) is 0 Å². The van der Waals surface area contributed by atoms with Gasteiger partial charge >= 0.3 is 0 Å². The SMILES string of the molecule is COc1cc(CC(Cc2ccccc2)C(C)OCc2ccccc2)ccc1OCc1ccccc1. The lowest BCUT2D eigenvalue weighted by Gasteiger charge is -2.25. The van der Waals surface area contributed by atoms with Crippen molar-refractivity contribution in [1.82, 2.24) is 0 Å². The van der Waals surface area contributed by atoms with Crippen LogP contribution in [0, 0.1) is 5.92 Å². The average molecular weight is 467 g/mol. The Kier molecular flexibility index (Phi) is 8.97. The summed E-state index contributed by atoms with van der Waals surface area (Å²) in [6.45, 7) is 3.31. The van der Waals surface area contributed by atoms with Crippen LogP contribution in [0.3, 0.4) is 0 Å². The summed E-state index contributed by atoms with van der Waals surface area (Å²) in [5.74, 6) is 1.84. The first kappa shape index (κ1) is 24.6. The van der Waals surface area contributed by atoms with E-state index in [-0.39, 0.29) is 6.10 Å². The van der Waals surface area contributed by atoms with Gasteiger partial charge in [0.25, 0.3) is 0 Å². The van der Waals surface area contributed by atoms with Gasteiger partial charge in [0.05, 0.1) is 19.8 Å². The molecule has 3 heteroatoms. The van der Waals surface area contributed by atoms with Crippen molar-refractivity contribution in [2.75, 3.05) is 7.11 Å². The first-order valence-corrected chi connectivity index (χ1v) is 12.2. The largest absolute Gasteiger partial charge is 0.493 e. The fraction of sp³-hybridized carbons (Fsp3) is 0.250. The Morgan fingerprint density at radius 2 is 1.11 bits per heavy atom. The van der Waals surface area contributed by atoms with Crippen molar-refractivity contribution >= 4 is 0 Å². The summed E-state index contributed by atoms with van der Waals surface area (Å²) in [7, 11) is 1.70. The van der Waals surface area contributed by atoms with Gasteiger partial charge in [0.1, 0.15) is 6.61 Å². The molecule has 0 aliphatic heterocycles. The molecule has 0 aliphatic rings. The van der Waals surface area contributed by atoms with Crippen LogP contribution in [-0.2, 0) is 30.8 Å². The molecular weight excluding hydrogens is 432 g/mol. The highest BCUT2D eigenvalue weighted by Gasteiger charge is 2.20. The Hall–Kier alpha value is -3.56. The van der Waals surface area contributed by atoms with Crippen LogP contribution < -0.4 is 9.47 Å². The monoisotopic (exact) mass is 466 g/mol. The van der Waals surface area contributed by atoms with Crippen molar-refractivity contribution in [1.29, 1.82) is 0 Å². The summed E-state index contributed by atoms with van der Waals surface area (Å²) in [5.41, 5.74) is 4.86. The fourth-order valence-corrected chi connectivity index (χ4v) is 4.26. The van der Waals surface area contributed by atoms with E-state index in [0.717, 1.165) is 29.9 Å². The minimum absolute atomic E-state index is 0.0930. The summed E-state index contributed by atoms with van der Waals surface area (Å²) >= 11 is 0. The molecule has 2 atom stereocenters. The Morgan fingerprint density at radius 3 is 1.71 bits per heavy atom. The van der Waals surface area contributed by atoms with E-state index in [2.05, 4.69) is 85.8 Å². The average Bonchev–Trinajstić information content (AvgIpc) is 2.92. The summed E-state index contributed by atoms with van der Waals surface area (Å²) in [5, 5.41) is 0. The van der Waals surface area contributed by atoms with Crippen LogP contribution in [0.5, 0.6) is 11.5 Å². The molecular formula is C32H34O3. The van der Waals surface area contributed by atoms with Gasteiger partial charge in [-0.1, -0.05) is 97.1 Å². The van der Waals surface area contributed by atoms with E-state index >= 15 is 0 Å². The van der Waals surface area contributed by atoms with Crippen molar-refractivity contribution < 1.29 is 14.2 Å².